The van der Waals surface area contributed by atoms with Crippen molar-refractivity contribution < 1.29 is 8.42 Å². The van der Waals surface area contributed by atoms with Gasteiger partial charge in [-0.15, -0.1) is 11.3 Å². The van der Waals surface area contributed by atoms with Crippen molar-refractivity contribution in [1.82, 2.24) is 13.7 Å². The number of nitrogens with two attached hydrogens (primary N) is 1. The number of rotatable bonds is 5. The van der Waals surface area contributed by atoms with Gasteiger partial charge in [-0.05, 0) is 12.8 Å². The Bertz CT molecular complexity index is 701. The summed E-state index contributed by atoms with van der Waals surface area (Å²) in [5.74, 6) is 5.60. The topological polar surface area (TPSA) is 92.7 Å². The maximum atomic E-state index is 12.8. The lowest BCUT2D eigenvalue weighted by Gasteiger charge is -2.19. The Morgan fingerprint density at radius 1 is 1.63 bits per heavy atom. The van der Waals surface area contributed by atoms with Crippen molar-refractivity contribution in [3.63, 3.8) is 0 Å². The van der Waals surface area contributed by atoms with Crippen molar-refractivity contribution in [1.29, 1.82) is 0 Å². The second-order valence-corrected chi connectivity index (χ2v) is 7.08. The smallest absolute Gasteiger partial charge is 0.263 e. The first-order valence-electron chi connectivity index (χ1n) is 6.03. The zero-order chi connectivity index (χ0) is 13.6. The minimum atomic E-state index is -3.59. The minimum absolute atomic E-state index is 0.116. The quantitative estimate of drug-likeness (QED) is 0.631. The third-order valence-corrected chi connectivity index (χ3v) is 5.98. The van der Waals surface area contributed by atoms with Crippen LogP contribution in [0.5, 0.6) is 0 Å². The molecule has 2 heterocycles. The van der Waals surface area contributed by atoms with E-state index in [1.165, 1.54) is 15.6 Å². The van der Waals surface area contributed by atoms with Crippen LogP contribution in [0.2, 0.25) is 0 Å². The maximum absolute atomic E-state index is 12.8. The van der Waals surface area contributed by atoms with Crippen LogP contribution in [-0.2, 0) is 10.0 Å². The number of imidazole rings is 1. The van der Waals surface area contributed by atoms with Crippen LogP contribution in [0.4, 0.5) is 5.82 Å². The summed E-state index contributed by atoms with van der Waals surface area (Å²) in [6.45, 7) is 2.30. The minimum Gasteiger partial charge on any atom is -0.306 e. The zero-order valence-corrected chi connectivity index (χ0v) is 12.0. The van der Waals surface area contributed by atoms with E-state index in [4.69, 9.17) is 5.84 Å². The van der Waals surface area contributed by atoms with Crippen LogP contribution in [-0.4, -0.2) is 34.7 Å². The lowest BCUT2D eigenvalue weighted by Crippen LogP contribution is -2.34. The molecule has 104 valence electrons. The third-order valence-electron chi connectivity index (χ3n) is 3.17. The van der Waals surface area contributed by atoms with E-state index in [1.807, 2.05) is 6.92 Å². The van der Waals surface area contributed by atoms with Gasteiger partial charge in [0, 0.05) is 24.2 Å². The molecule has 0 unspecified atom stereocenters. The van der Waals surface area contributed by atoms with Gasteiger partial charge in [0.1, 0.15) is 0 Å². The predicted molar refractivity (Wildman–Crippen MR) is 73.5 cm³/mol. The van der Waals surface area contributed by atoms with E-state index in [9.17, 15) is 8.42 Å². The number of nitrogen functional groups attached to an aromatic ring is 1. The van der Waals surface area contributed by atoms with Crippen LogP contribution < -0.4 is 11.3 Å². The molecule has 0 aromatic carbocycles. The highest BCUT2D eigenvalue weighted by molar-refractivity contribution is 7.89. The van der Waals surface area contributed by atoms with Crippen LogP contribution >= 0.6 is 11.3 Å². The van der Waals surface area contributed by atoms with Crippen LogP contribution in [0, 0.1) is 0 Å². The average molecular weight is 301 g/mol. The summed E-state index contributed by atoms with van der Waals surface area (Å²) in [7, 11) is -3.59. The molecule has 0 radical (unpaired) electrons. The number of aromatic nitrogens is 2. The Balaban J connectivity index is 2.18. The molecule has 2 aromatic rings. The highest BCUT2D eigenvalue weighted by Crippen LogP contribution is 2.34. The summed E-state index contributed by atoms with van der Waals surface area (Å²) in [4.78, 5) is 4.80. The van der Waals surface area contributed by atoms with Crippen LogP contribution in [0.1, 0.15) is 19.8 Å². The zero-order valence-electron chi connectivity index (χ0n) is 10.4. The number of hydrogen-bond donors (Lipinski definition) is 2. The predicted octanol–water partition coefficient (Wildman–Crippen LogP) is 0.854. The number of sulfonamides is 1. The molecule has 0 atom stereocenters. The monoisotopic (exact) mass is 301 g/mol. The van der Waals surface area contributed by atoms with Gasteiger partial charge in [0.25, 0.3) is 10.0 Å². The number of thiazole rings is 1. The first-order valence-corrected chi connectivity index (χ1v) is 8.35. The number of anilines is 1. The number of hydrazine groups is 1. The fourth-order valence-corrected chi connectivity index (χ4v) is 4.89. The molecule has 3 N–H and O–H groups in total. The average Bonchev–Trinajstić information content (AvgIpc) is 2.97. The SMILES string of the molecule is CCN(C1CC1)S(=O)(=O)c1c(NN)nc2sccn12. The van der Waals surface area contributed by atoms with Crippen LogP contribution in [0.3, 0.4) is 0 Å². The molecule has 2 aromatic heterocycles. The highest BCUT2D eigenvalue weighted by atomic mass is 32.2. The molecular weight excluding hydrogens is 286 g/mol. The standard InChI is InChI=1S/C10H15N5O2S2/c1-2-15(7-3-4-7)19(16,17)9-8(13-11)12-10-14(9)5-6-18-10/h5-7,13H,2-4,11H2,1H3. The normalized spacial score (nSPS) is 16.4. The molecule has 7 nitrogen and oxygen atoms in total. The van der Waals surface area contributed by atoms with Crippen molar-refractivity contribution >= 4 is 32.1 Å². The Kier molecular flexibility index (Phi) is 3.01. The summed E-state index contributed by atoms with van der Waals surface area (Å²) < 4.78 is 28.6. The summed E-state index contributed by atoms with van der Waals surface area (Å²) in [6.07, 6.45) is 3.54. The number of nitrogens with one attached hydrogen (secondary N) is 1. The Hall–Kier alpha value is -1.16. The van der Waals surface area contributed by atoms with Gasteiger partial charge in [-0.1, -0.05) is 6.92 Å². The van der Waals surface area contributed by atoms with Crippen molar-refractivity contribution in [2.45, 2.75) is 30.8 Å². The van der Waals surface area contributed by atoms with E-state index >= 15 is 0 Å². The van der Waals surface area contributed by atoms with Crippen molar-refractivity contribution in [3.8, 4) is 0 Å². The first-order chi connectivity index (χ1) is 9.09. The molecule has 1 fully saturated rings. The Morgan fingerprint density at radius 3 is 2.95 bits per heavy atom. The van der Waals surface area contributed by atoms with E-state index < -0.39 is 10.0 Å². The molecule has 0 amide bonds. The molecule has 19 heavy (non-hydrogen) atoms. The highest BCUT2D eigenvalue weighted by Gasteiger charge is 2.40. The molecule has 9 heteroatoms. The molecule has 1 aliphatic carbocycles. The fraction of sp³-hybridized carbons (Fsp3) is 0.500. The van der Waals surface area contributed by atoms with E-state index in [-0.39, 0.29) is 16.9 Å². The molecule has 0 saturated heterocycles. The first kappa shape index (κ1) is 12.9. The Labute approximate surface area is 115 Å². The number of nitrogens with zero attached hydrogens (tertiary/aromatic N) is 3. The van der Waals surface area contributed by atoms with Crippen molar-refractivity contribution in [3.05, 3.63) is 11.6 Å². The summed E-state index contributed by atoms with van der Waals surface area (Å²) in [5.41, 5.74) is 2.38. The van der Waals surface area contributed by atoms with Crippen molar-refractivity contribution in [2.75, 3.05) is 12.0 Å². The molecule has 3 rings (SSSR count). The number of hydrogen-bond acceptors (Lipinski definition) is 6. The largest absolute Gasteiger partial charge is 0.306 e. The molecule has 0 aliphatic heterocycles. The third kappa shape index (κ3) is 1.93. The van der Waals surface area contributed by atoms with Gasteiger partial charge in [0.2, 0.25) is 5.03 Å². The van der Waals surface area contributed by atoms with Gasteiger partial charge in [0.05, 0.1) is 0 Å². The summed E-state index contributed by atoms with van der Waals surface area (Å²) >= 11 is 1.37. The second kappa shape index (κ2) is 4.44. The van der Waals surface area contributed by atoms with Crippen LogP contribution in [0.15, 0.2) is 16.6 Å². The van der Waals surface area contributed by atoms with Gasteiger partial charge < -0.3 is 5.43 Å². The molecular formula is C10H15N5O2S2. The fourth-order valence-electron chi connectivity index (χ4n) is 2.20. The lowest BCUT2D eigenvalue weighted by molar-refractivity contribution is 0.418. The van der Waals surface area contributed by atoms with E-state index in [1.54, 1.807) is 16.0 Å². The summed E-state index contributed by atoms with van der Waals surface area (Å²) in [5, 5.41) is 1.93. The van der Waals surface area contributed by atoms with E-state index in [2.05, 4.69) is 10.4 Å². The van der Waals surface area contributed by atoms with Gasteiger partial charge in [-0.2, -0.15) is 9.29 Å². The Morgan fingerprint density at radius 2 is 2.37 bits per heavy atom. The van der Waals surface area contributed by atoms with Gasteiger partial charge in [0.15, 0.2) is 10.8 Å². The lowest BCUT2D eigenvalue weighted by atomic mass is 10.6. The maximum Gasteiger partial charge on any atom is 0.263 e. The summed E-state index contributed by atoms with van der Waals surface area (Å²) in [6, 6.07) is 0.116. The van der Waals surface area contributed by atoms with E-state index in [0.29, 0.717) is 11.5 Å². The molecule has 0 spiro atoms. The van der Waals surface area contributed by atoms with Gasteiger partial charge in [-0.3, -0.25) is 4.40 Å². The van der Waals surface area contributed by atoms with E-state index in [0.717, 1.165) is 12.8 Å². The molecule has 1 aliphatic rings. The molecule has 0 bridgehead atoms. The van der Waals surface area contributed by atoms with Gasteiger partial charge in [-0.25, -0.2) is 14.3 Å². The van der Waals surface area contributed by atoms with Crippen LogP contribution in [0.25, 0.3) is 4.96 Å². The number of fused-ring (bicyclic) bond motifs is 1. The van der Waals surface area contributed by atoms with Gasteiger partial charge >= 0.3 is 0 Å². The second-order valence-electron chi connectivity index (χ2n) is 4.41. The molecule has 1 saturated carbocycles. The van der Waals surface area contributed by atoms with Crippen molar-refractivity contribution in [2.24, 2.45) is 5.84 Å².